The maximum atomic E-state index is 5.58. The number of nitrogens with zero attached hydrogens (tertiary/aromatic N) is 1. The van der Waals surface area contributed by atoms with Gasteiger partial charge < -0.3 is 10.1 Å². The minimum Gasteiger partial charge on any atom is -0.381 e. The highest BCUT2D eigenvalue weighted by atomic mass is 32.2. The van der Waals surface area contributed by atoms with Gasteiger partial charge in [0.25, 0.3) is 0 Å². The second-order valence-electron chi connectivity index (χ2n) is 6.89. The lowest BCUT2D eigenvalue weighted by Crippen LogP contribution is -2.23. The van der Waals surface area contributed by atoms with E-state index in [2.05, 4.69) is 37.2 Å². The quantitative estimate of drug-likeness (QED) is 0.507. The second kappa shape index (κ2) is 10.3. The molecule has 2 fully saturated rings. The Morgan fingerprint density at radius 2 is 1.96 bits per heavy atom. The average Bonchev–Trinajstić information content (AvgIpc) is 3.16. The first-order valence-corrected chi connectivity index (χ1v) is 10.4. The Labute approximate surface area is 152 Å². The number of nitrogens with one attached hydrogen (secondary N) is 1. The van der Waals surface area contributed by atoms with Crippen molar-refractivity contribution < 1.29 is 4.74 Å². The highest BCUT2D eigenvalue weighted by molar-refractivity contribution is 8.17. The van der Waals surface area contributed by atoms with E-state index < -0.39 is 0 Å². The van der Waals surface area contributed by atoms with Crippen LogP contribution in [0.5, 0.6) is 0 Å². The van der Waals surface area contributed by atoms with Crippen molar-refractivity contribution in [3.8, 4) is 0 Å². The molecule has 1 aliphatic heterocycles. The molecule has 1 atom stereocenters. The zero-order valence-electron chi connectivity index (χ0n) is 15.9. The molecule has 1 heterocycles. The lowest BCUT2D eigenvalue weighted by Gasteiger charge is -2.25. The molecule has 0 aromatic carbocycles. The van der Waals surface area contributed by atoms with E-state index >= 15 is 0 Å². The van der Waals surface area contributed by atoms with Crippen molar-refractivity contribution in [3.63, 3.8) is 0 Å². The van der Waals surface area contributed by atoms with Crippen molar-refractivity contribution >= 4 is 16.8 Å². The molecule has 1 saturated carbocycles. The summed E-state index contributed by atoms with van der Waals surface area (Å²) in [6.45, 7) is 8.32. The van der Waals surface area contributed by atoms with Crippen LogP contribution in [0.25, 0.3) is 0 Å². The van der Waals surface area contributed by atoms with Gasteiger partial charge in [0, 0.05) is 31.2 Å². The number of hydrogen-bond acceptors (Lipinski definition) is 4. The van der Waals surface area contributed by atoms with E-state index in [0.29, 0.717) is 11.8 Å². The van der Waals surface area contributed by atoms with Crippen LogP contribution < -0.4 is 5.32 Å². The largest absolute Gasteiger partial charge is 0.381 e. The van der Waals surface area contributed by atoms with E-state index in [1.165, 1.54) is 53.4 Å². The Morgan fingerprint density at radius 3 is 2.50 bits per heavy atom. The molecular formula is C20H34N2OS. The average molecular weight is 351 g/mol. The smallest absolute Gasteiger partial charge is 0.0772 e. The van der Waals surface area contributed by atoms with E-state index in [1.54, 1.807) is 0 Å². The maximum Gasteiger partial charge on any atom is 0.0772 e. The minimum atomic E-state index is 0.506. The molecule has 0 amide bonds. The van der Waals surface area contributed by atoms with Crippen LogP contribution in [0.4, 0.5) is 0 Å². The topological polar surface area (TPSA) is 33.6 Å². The fourth-order valence-corrected chi connectivity index (χ4v) is 4.66. The van der Waals surface area contributed by atoms with Crippen molar-refractivity contribution in [2.75, 3.05) is 20.3 Å². The monoisotopic (exact) mass is 350 g/mol. The summed E-state index contributed by atoms with van der Waals surface area (Å²) in [5.41, 5.74) is 2.72. The standard InChI is InChI=1S/C20H34N2OS/c1-5-15(3)19(22-18(6-2)17-12-13-23-14-17)24-20(21-4)16-10-8-7-9-11-16/h6,16-17,22H,5,7-14H2,1-4H3/b18-6-,19-15-,21-20?. The molecule has 1 unspecified atom stereocenters. The molecule has 1 aliphatic carbocycles. The molecule has 136 valence electrons. The van der Waals surface area contributed by atoms with E-state index in [0.717, 1.165) is 26.1 Å². The van der Waals surface area contributed by atoms with E-state index in [-0.39, 0.29) is 0 Å². The lowest BCUT2D eigenvalue weighted by molar-refractivity contribution is 0.189. The first-order chi connectivity index (χ1) is 11.7. The van der Waals surface area contributed by atoms with Gasteiger partial charge in [-0.2, -0.15) is 0 Å². The Hall–Kier alpha value is -0.740. The normalized spacial score (nSPS) is 24.9. The van der Waals surface area contributed by atoms with E-state index in [4.69, 9.17) is 4.74 Å². The van der Waals surface area contributed by atoms with Gasteiger partial charge in [-0.05, 0) is 45.1 Å². The molecule has 1 N–H and O–H groups in total. The fraction of sp³-hybridized carbons (Fsp3) is 0.750. The summed E-state index contributed by atoms with van der Waals surface area (Å²) in [6.07, 6.45) is 11.1. The van der Waals surface area contributed by atoms with Crippen LogP contribution in [0.1, 0.15) is 65.7 Å². The van der Waals surface area contributed by atoms with Gasteiger partial charge >= 0.3 is 0 Å². The third-order valence-corrected chi connectivity index (χ3v) is 6.62. The predicted molar refractivity (Wildman–Crippen MR) is 106 cm³/mol. The number of rotatable bonds is 6. The van der Waals surface area contributed by atoms with Crippen molar-refractivity contribution in [1.29, 1.82) is 0 Å². The van der Waals surface area contributed by atoms with Crippen LogP contribution in [0.15, 0.2) is 27.4 Å². The van der Waals surface area contributed by atoms with Crippen molar-refractivity contribution in [1.82, 2.24) is 5.32 Å². The molecule has 2 rings (SSSR count). The van der Waals surface area contributed by atoms with Gasteiger partial charge in [-0.1, -0.05) is 44.0 Å². The number of allylic oxidation sites excluding steroid dienone is 2. The molecule has 0 aromatic rings. The van der Waals surface area contributed by atoms with Gasteiger partial charge in [0.05, 0.1) is 16.7 Å². The van der Waals surface area contributed by atoms with E-state index in [9.17, 15) is 0 Å². The lowest BCUT2D eigenvalue weighted by atomic mass is 9.90. The fourth-order valence-electron chi connectivity index (χ4n) is 3.47. The molecule has 3 nitrogen and oxygen atoms in total. The first kappa shape index (κ1) is 19.6. The molecule has 1 saturated heterocycles. The Morgan fingerprint density at radius 1 is 1.21 bits per heavy atom. The highest BCUT2D eigenvalue weighted by Gasteiger charge is 2.24. The van der Waals surface area contributed by atoms with Gasteiger partial charge in [0.15, 0.2) is 0 Å². The summed E-state index contributed by atoms with van der Waals surface area (Å²) >= 11 is 1.87. The third kappa shape index (κ3) is 5.38. The number of thioether (sulfide) groups is 1. The molecule has 4 heteroatoms. The van der Waals surface area contributed by atoms with Gasteiger partial charge in [-0.3, -0.25) is 4.99 Å². The summed E-state index contributed by atoms with van der Waals surface area (Å²) in [4.78, 5) is 4.66. The number of hydrogen-bond donors (Lipinski definition) is 1. The third-order valence-electron chi connectivity index (χ3n) is 5.24. The predicted octanol–water partition coefficient (Wildman–Crippen LogP) is 5.50. The van der Waals surface area contributed by atoms with Crippen molar-refractivity contribution in [3.05, 3.63) is 22.4 Å². The van der Waals surface area contributed by atoms with Crippen molar-refractivity contribution in [2.45, 2.75) is 65.7 Å². The second-order valence-corrected chi connectivity index (χ2v) is 7.92. The minimum absolute atomic E-state index is 0.506. The summed E-state index contributed by atoms with van der Waals surface area (Å²) in [6, 6.07) is 0. The van der Waals surface area contributed by atoms with Gasteiger partial charge in [-0.25, -0.2) is 0 Å². The SMILES string of the molecule is C/C=C(\N/C(SC(=NC)C1CCCCC1)=C(\C)CC)C1CCOC1. The molecule has 2 aliphatic rings. The van der Waals surface area contributed by atoms with Gasteiger partial charge in [0.2, 0.25) is 0 Å². The van der Waals surface area contributed by atoms with E-state index in [1.807, 2.05) is 18.8 Å². The Kier molecular flexibility index (Phi) is 8.40. The zero-order chi connectivity index (χ0) is 17.4. The van der Waals surface area contributed by atoms with Crippen LogP contribution in [-0.2, 0) is 4.74 Å². The molecule has 24 heavy (non-hydrogen) atoms. The number of ether oxygens (including phenoxy) is 1. The molecule has 0 spiro atoms. The van der Waals surface area contributed by atoms with Crippen molar-refractivity contribution in [2.24, 2.45) is 16.8 Å². The maximum absolute atomic E-state index is 5.58. The zero-order valence-corrected chi connectivity index (χ0v) is 16.7. The molecular weight excluding hydrogens is 316 g/mol. The van der Waals surface area contributed by atoms with Gasteiger partial charge in [-0.15, -0.1) is 0 Å². The van der Waals surface area contributed by atoms with Crippen LogP contribution in [0.2, 0.25) is 0 Å². The summed E-state index contributed by atoms with van der Waals surface area (Å²) in [7, 11) is 1.96. The van der Waals surface area contributed by atoms with Crippen LogP contribution >= 0.6 is 11.8 Å². The van der Waals surface area contributed by atoms with Gasteiger partial charge in [0.1, 0.15) is 0 Å². The Balaban J connectivity index is 2.10. The van der Waals surface area contributed by atoms with Crippen LogP contribution in [0.3, 0.4) is 0 Å². The molecule has 0 bridgehead atoms. The molecule has 0 radical (unpaired) electrons. The molecule has 0 aromatic heterocycles. The van der Waals surface area contributed by atoms with Crippen LogP contribution in [0, 0.1) is 11.8 Å². The summed E-state index contributed by atoms with van der Waals surface area (Å²) in [5.74, 6) is 1.16. The Bertz CT molecular complexity index is 484. The summed E-state index contributed by atoms with van der Waals surface area (Å²) < 4.78 is 5.58. The first-order valence-electron chi connectivity index (χ1n) is 9.54. The summed E-state index contributed by atoms with van der Waals surface area (Å²) in [5, 5.41) is 6.33. The highest BCUT2D eigenvalue weighted by Crippen LogP contribution is 2.34. The van der Waals surface area contributed by atoms with Crippen LogP contribution in [-0.4, -0.2) is 25.3 Å². The number of aliphatic imine (C=N–C) groups is 1.